The summed E-state index contributed by atoms with van der Waals surface area (Å²) < 4.78 is 4.21. The van der Waals surface area contributed by atoms with Crippen LogP contribution in [0.5, 0.6) is 0 Å². The zero-order valence-corrected chi connectivity index (χ0v) is 10.6. The monoisotopic (exact) mass is 286 g/mol. The molecule has 2 aromatic heterocycles. The van der Waals surface area contributed by atoms with Crippen LogP contribution >= 0.6 is 15.9 Å². The Labute approximate surface area is 99.3 Å². The van der Waals surface area contributed by atoms with E-state index >= 15 is 0 Å². The summed E-state index contributed by atoms with van der Waals surface area (Å²) in [6, 6.07) is 0. The molecule has 0 amide bonds. The molecule has 0 saturated heterocycles. The van der Waals surface area contributed by atoms with Gasteiger partial charge in [-0.25, -0.2) is 9.78 Å². The lowest BCUT2D eigenvalue weighted by molar-refractivity contribution is 0.701. The Morgan fingerprint density at radius 1 is 1.31 bits per heavy atom. The molecule has 86 valence electrons. The Hall–Kier alpha value is -1.37. The Kier molecular flexibility index (Phi) is 2.71. The number of hydrogen-bond acceptors (Lipinski definition) is 3. The molecule has 0 aliphatic heterocycles. The van der Waals surface area contributed by atoms with Crippen molar-refractivity contribution >= 4 is 27.1 Å². The van der Waals surface area contributed by atoms with Gasteiger partial charge < -0.3 is 4.57 Å². The number of nitrogens with zero attached hydrogens (tertiary/aromatic N) is 4. The van der Waals surface area contributed by atoms with E-state index in [0.717, 1.165) is 9.90 Å². The van der Waals surface area contributed by atoms with E-state index in [1.165, 1.54) is 11.6 Å². The van der Waals surface area contributed by atoms with Gasteiger partial charge in [0, 0.05) is 26.0 Å². The SMILES string of the molecule is Cn1c(=O)c2c(ncn2CCBr)n(C)c1=O. The molecule has 2 rings (SSSR count). The molecular weight excluding hydrogens is 276 g/mol. The highest BCUT2D eigenvalue weighted by molar-refractivity contribution is 9.09. The first-order chi connectivity index (χ1) is 7.57. The number of imidazole rings is 1. The maximum atomic E-state index is 11.9. The molecule has 0 unspecified atom stereocenters. The molecule has 0 saturated carbocycles. The van der Waals surface area contributed by atoms with Crippen molar-refractivity contribution in [3.8, 4) is 0 Å². The smallest absolute Gasteiger partial charge is 0.324 e. The molecule has 0 N–H and O–H groups in total. The zero-order valence-electron chi connectivity index (χ0n) is 8.97. The first kappa shape index (κ1) is 11.1. The van der Waals surface area contributed by atoms with Gasteiger partial charge in [-0.1, -0.05) is 15.9 Å². The van der Waals surface area contributed by atoms with Crippen LogP contribution < -0.4 is 11.2 Å². The molecule has 2 aromatic rings. The second-order valence-corrected chi connectivity index (χ2v) is 4.30. The molecule has 0 spiro atoms. The van der Waals surface area contributed by atoms with Gasteiger partial charge in [0.2, 0.25) is 0 Å². The number of halogens is 1. The van der Waals surface area contributed by atoms with Crippen molar-refractivity contribution < 1.29 is 0 Å². The van der Waals surface area contributed by atoms with Crippen molar-refractivity contribution in [3.63, 3.8) is 0 Å². The van der Waals surface area contributed by atoms with Crippen LogP contribution in [0.3, 0.4) is 0 Å². The van der Waals surface area contributed by atoms with Gasteiger partial charge in [0.1, 0.15) is 0 Å². The third-order valence-corrected chi connectivity index (χ3v) is 2.90. The lowest BCUT2D eigenvalue weighted by atomic mass is 10.5. The largest absolute Gasteiger partial charge is 0.332 e. The lowest BCUT2D eigenvalue weighted by Gasteiger charge is -2.04. The van der Waals surface area contributed by atoms with Gasteiger partial charge in [-0.2, -0.15) is 0 Å². The predicted molar refractivity (Wildman–Crippen MR) is 64.0 cm³/mol. The fourth-order valence-corrected chi connectivity index (χ4v) is 2.04. The Morgan fingerprint density at radius 3 is 2.62 bits per heavy atom. The second kappa shape index (κ2) is 3.89. The van der Waals surface area contributed by atoms with Crippen molar-refractivity contribution in [3.05, 3.63) is 27.2 Å². The molecule has 2 heterocycles. The average molecular weight is 287 g/mol. The minimum Gasteiger partial charge on any atom is -0.324 e. The summed E-state index contributed by atoms with van der Waals surface area (Å²) in [7, 11) is 3.07. The summed E-state index contributed by atoms with van der Waals surface area (Å²) >= 11 is 3.31. The van der Waals surface area contributed by atoms with Gasteiger partial charge in [0.15, 0.2) is 11.2 Å². The fourth-order valence-electron chi connectivity index (χ4n) is 1.66. The second-order valence-electron chi connectivity index (χ2n) is 3.50. The maximum absolute atomic E-state index is 11.9. The van der Waals surface area contributed by atoms with Crippen LogP contribution in [0.1, 0.15) is 0 Å². The van der Waals surface area contributed by atoms with E-state index in [2.05, 4.69) is 20.9 Å². The molecule has 0 aliphatic rings. The van der Waals surface area contributed by atoms with Gasteiger partial charge in [0.25, 0.3) is 5.56 Å². The number of fused-ring (bicyclic) bond motifs is 1. The number of alkyl halides is 1. The fraction of sp³-hybridized carbons (Fsp3) is 0.444. The van der Waals surface area contributed by atoms with E-state index in [1.807, 2.05) is 0 Å². The molecule has 7 heteroatoms. The van der Waals surface area contributed by atoms with Gasteiger partial charge in [0.05, 0.1) is 6.33 Å². The molecule has 0 radical (unpaired) electrons. The van der Waals surface area contributed by atoms with Crippen molar-refractivity contribution in [2.45, 2.75) is 6.54 Å². The summed E-state index contributed by atoms with van der Waals surface area (Å²) in [6.45, 7) is 0.643. The van der Waals surface area contributed by atoms with Crippen LogP contribution in [0.4, 0.5) is 0 Å². The van der Waals surface area contributed by atoms with Gasteiger partial charge in [-0.3, -0.25) is 13.9 Å². The third kappa shape index (κ3) is 1.42. The first-order valence-corrected chi connectivity index (χ1v) is 5.87. The average Bonchev–Trinajstić information content (AvgIpc) is 2.68. The highest BCUT2D eigenvalue weighted by atomic mass is 79.9. The van der Waals surface area contributed by atoms with Gasteiger partial charge in [-0.15, -0.1) is 0 Å². The molecular formula is C9H11BrN4O2. The minimum atomic E-state index is -0.360. The Balaban J connectivity index is 2.95. The Morgan fingerprint density at radius 2 is 2.00 bits per heavy atom. The van der Waals surface area contributed by atoms with E-state index in [0.29, 0.717) is 17.7 Å². The number of hydrogen-bond donors (Lipinski definition) is 0. The van der Waals surface area contributed by atoms with Gasteiger partial charge >= 0.3 is 5.69 Å². The summed E-state index contributed by atoms with van der Waals surface area (Å²) in [6.07, 6.45) is 1.58. The van der Waals surface area contributed by atoms with E-state index in [4.69, 9.17) is 0 Å². The Bertz CT molecular complexity index is 652. The van der Waals surface area contributed by atoms with E-state index in [1.54, 1.807) is 17.9 Å². The maximum Gasteiger partial charge on any atom is 0.332 e. The summed E-state index contributed by atoms with van der Waals surface area (Å²) in [5, 5.41) is 0.727. The van der Waals surface area contributed by atoms with Crippen molar-refractivity contribution in [2.24, 2.45) is 14.1 Å². The lowest BCUT2D eigenvalue weighted by Crippen LogP contribution is -2.37. The standard InChI is InChI=1S/C9H11BrN4O2/c1-12-7-6(8(15)13(2)9(12)16)14(4-3-10)5-11-7/h5H,3-4H2,1-2H3. The zero-order chi connectivity index (χ0) is 11.9. The highest BCUT2D eigenvalue weighted by Gasteiger charge is 2.13. The van der Waals surface area contributed by atoms with Crippen LogP contribution in [-0.4, -0.2) is 24.0 Å². The minimum absolute atomic E-state index is 0.309. The van der Waals surface area contributed by atoms with Crippen molar-refractivity contribution in [2.75, 3.05) is 5.33 Å². The summed E-state index contributed by atoms with van der Waals surface area (Å²) in [5.41, 5.74) is 0.219. The van der Waals surface area contributed by atoms with Gasteiger partial charge in [-0.05, 0) is 0 Å². The van der Waals surface area contributed by atoms with Crippen molar-refractivity contribution in [1.29, 1.82) is 0 Å². The van der Waals surface area contributed by atoms with Crippen LogP contribution in [0.25, 0.3) is 11.2 Å². The molecule has 0 fully saturated rings. The predicted octanol–water partition coefficient (Wildman–Crippen LogP) is -0.171. The number of rotatable bonds is 2. The number of aryl methyl sites for hydroxylation is 2. The molecule has 6 nitrogen and oxygen atoms in total. The molecule has 0 aliphatic carbocycles. The summed E-state index contributed by atoms with van der Waals surface area (Å²) in [4.78, 5) is 27.7. The molecule has 16 heavy (non-hydrogen) atoms. The van der Waals surface area contributed by atoms with E-state index in [-0.39, 0.29) is 11.2 Å². The van der Waals surface area contributed by atoms with E-state index in [9.17, 15) is 9.59 Å². The third-order valence-electron chi connectivity index (χ3n) is 2.54. The molecule has 0 atom stereocenters. The van der Waals surface area contributed by atoms with Crippen LogP contribution in [0.2, 0.25) is 0 Å². The normalized spacial score (nSPS) is 11.2. The quantitative estimate of drug-likeness (QED) is 0.720. The molecule has 0 bridgehead atoms. The topological polar surface area (TPSA) is 61.8 Å². The van der Waals surface area contributed by atoms with Crippen LogP contribution in [-0.2, 0) is 20.6 Å². The van der Waals surface area contributed by atoms with Crippen molar-refractivity contribution in [1.82, 2.24) is 18.7 Å². The van der Waals surface area contributed by atoms with E-state index < -0.39 is 0 Å². The van der Waals surface area contributed by atoms with Crippen LogP contribution in [0, 0.1) is 0 Å². The first-order valence-electron chi connectivity index (χ1n) is 4.74. The van der Waals surface area contributed by atoms with Crippen LogP contribution in [0.15, 0.2) is 15.9 Å². The summed E-state index contributed by atoms with van der Waals surface area (Å²) in [5.74, 6) is 0. The molecule has 0 aromatic carbocycles. The number of aromatic nitrogens is 4. The highest BCUT2D eigenvalue weighted by Crippen LogP contribution is 2.05.